The van der Waals surface area contributed by atoms with E-state index >= 15 is 0 Å². The molecule has 4 rings (SSSR count). The van der Waals surface area contributed by atoms with Gasteiger partial charge in [0.1, 0.15) is 23.4 Å². The zero-order valence-corrected chi connectivity index (χ0v) is 21.5. The maximum Gasteiger partial charge on any atom is 0.192 e. The Morgan fingerprint density at radius 3 is 2.47 bits per heavy atom. The van der Waals surface area contributed by atoms with Gasteiger partial charge in [0, 0.05) is 43.2 Å². The van der Waals surface area contributed by atoms with Crippen LogP contribution < -0.4 is 14.8 Å². The zero-order chi connectivity index (χ0) is 25.9. The molecule has 36 heavy (non-hydrogen) atoms. The minimum atomic E-state index is -3.40. The van der Waals surface area contributed by atoms with Gasteiger partial charge in [-0.1, -0.05) is 6.08 Å². The number of aromatic nitrogens is 2. The summed E-state index contributed by atoms with van der Waals surface area (Å²) in [6.07, 6.45) is 3.91. The minimum absolute atomic E-state index is 0.0208. The summed E-state index contributed by atoms with van der Waals surface area (Å²) in [4.78, 5) is 7.41. The third kappa shape index (κ3) is 6.26. The Hall–Kier alpha value is -3.34. The third-order valence-corrected chi connectivity index (χ3v) is 6.76. The average Bonchev–Trinajstić information content (AvgIpc) is 3.49. The number of benzene rings is 1. The van der Waals surface area contributed by atoms with Gasteiger partial charge in [0.2, 0.25) is 0 Å². The normalized spacial score (nSPS) is 17.2. The maximum atomic E-state index is 11.7. The number of H-pyrrole nitrogens is 1. The van der Waals surface area contributed by atoms with Crippen molar-refractivity contribution in [1.29, 1.82) is 0 Å². The number of nitrogens with one attached hydrogen (secondary N) is 2. The van der Waals surface area contributed by atoms with Crippen LogP contribution in [0.1, 0.15) is 19.5 Å². The van der Waals surface area contributed by atoms with Gasteiger partial charge in [-0.2, -0.15) is 0 Å². The molecule has 0 aliphatic carbocycles. The molecule has 192 valence electrons. The van der Waals surface area contributed by atoms with Crippen LogP contribution in [0.3, 0.4) is 0 Å². The largest absolute Gasteiger partial charge is 0.488 e. The van der Waals surface area contributed by atoms with Crippen molar-refractivity contribution >= 4 is 15.5 Å². The van der Waals surface area contributed by atoms with Crippen molar-refractivity contribution in [1.82, 2.24) is 15.3 Å². The number of hydrogen-bond acceptors (Lipinski definition) is 8. The smallest absolute Gasteiger partial charge is 0.192 e. The number of sulfone groups is 1. The van der Waals surface area contributed by atoms with Crippen LogP contribution in [0.2, 0.25) is 0 Å². The summed E-state index contributed by atoms with van der Waals surface area (Å²) >= 11 is 0. The van der Waals surface area contributed by atoms with E-state index in [2.05, 4.69) is 15.3 Å². The summed E-state index contributed by atoms with van der Waals surface area (Å²) in [6.45, 7) is 4.81. The molecule has 0 bridgehead atoms. The maximum absolute atomic E-state index is 11.7. The first-order valence-corrected chi connectivity index (χ1v) is 13.5. The highest BCUT2D eigenvalue weighted by atomic mass is 32.2. The van der Waals surface area contributed by atoms with Crippen molar-refractivity contribution in [3.05, 3.63) is 60.4 Å². The fourth-order valence-corrected chi connectivity index (χ4v) is 4.47. The van der Waals surface area contributed by atoms with E-state index in [1.54, 1.807) is 26.2 Å². The summed E-state index contributed by atoms with van der Waals surface area (Å²) in [6, 6.07) is 12.5. The highest BCUT2D eigenvalue weighted by Gasteiger charge is 2.21. The number of aliphatic hydroxyl groups is 1. The molecule has 10 heteroatoms. The number of ether oxygens (including phenoxy) is 3. The summed E-state index contributed by atoms with van der Waals surface area (Å²) in [5, 5.41) is 13.2. The molecule has 3 heterocycles. The highest BCUT2D eigenvalue weighted by molar-refractivity contribution is 7.90. The Bertz CT molecular complexity index is 1330. The van der Waals surface area contributed by atoms with Crippen molar-refractivity contribution in [2.75, 3.05) is 26.5 Å². The molecule has 3 N–H and O–H groups in total. The number of rotatable bonds is 10. The van der Waals surface area contributed by atoms with Crippen molar-refractivity contribution in [3.63, 3.8) is 0 Å². The van der Waals surface area contributed by atoms with E-state index in [0.717, 1.165) is 28.9 Å². The van der Waals surface area contributed by atoms with Crippen LogP contribution in [0, 0.1) is 5.92 Å². The molecular formula is C26H31N3O6S. The van der Waals surface area contributed by atoms with Crippen LogP contribution in [0.15, 0.2) is 59.8 Å². The second-order valence-electron chi connectivity index (χ2n) is 8.93. The van der Waals surface area contributed by atoms with Gasteiger partial charge in [-0.25, -0.2) is 13.4 Å². The Kier molecular flexibility index (Phi) is 7.67. The van der Waals surface area contributed by atoms with E-state index in [1.165, 1.54) is 12.3 Å². The lowest BCUT2D eigenvalue weighted by molar-refractivity contribution is 0.0920. The molecule has 1 aliphatic rings. The first-order chi connectivity index (χ1) is 17.1. The monoisotopic (exact) mass is 513 g/mol. The van der Waals surface area contributed by atoms with E-state index in [1.807, 2.05) is 37.3 Å². The summed E-state index contributed by atoms with van der Waals surface area (Å²) < 4.78 is 40.6. The molecule has 0 radical (unpaired) electrons. The Balaban J connectivity index is 1.63. The van der Waals surface area contributed by atoms with E-state index in [9.17, 15) is 13.5 Å². The number of aromatic amines is 1. The second-order valence-corrected chi connectivity index (χ2v) is 10.9. The number of pyridine rings is 1. The number of hydrogen-bond donors (Lipinski definition) is 3. The lowest BCUT2D eigenvalue weighted by atomic mass is 10.1. The summed E-state index contributed by atoms with van der Waals surface area (Å²) in [5.41, 5.74) is 3.55. The number of aliphatic hydroxyl groups excluding tert-OH is 1. The molecule has 0 saturated carbocycles. The zero-order valence-electron chi connectivity index (χ0n) is 20.7. The van der Waals surface area contributed by atoms with Crippen LogP contribution in [0.4, 0.5) is 0 Å². The molecule has 0 unspecified atom stereocenters. The SMILES string of the molecule is COC[C@H](C)Oc1cc(Oc2ccc(S(C)(=O)=O)nc2)cc(-c2ccc(C3=C[C@H]([C@@H](C)O)CN3)[nH]2)c1. The van der Waals surface area contributed by atoms with Gasteiger partial charge in [-0.05, 0) is 50.2 Å². The van der Waals surface area contributed by atoms with E-state index in [0.29, 0.717) is 30.4 Å². The predicted molar refractivity (Wildman–Crippen MR) is 137 cm³/mol. The highest BCUT2D eigenvalue weighted by Crippen LogP contribution is 2.34. The van der Waals surface area contributed by atoms with Crippen molar-refractivity contribution in [2.24, 2.45) is 5.92 Å². The number of nitrogens with zero attached hydrogens (tertiary/aromatic N) is 1. The van der Waals surface area contributed by atoms with Crippen molar-refractivity contribution < 1.29 is 27.7 Å². The van der Waals surface area contributed by atoms with E-state index in [4.69, 9.17) is 14.2 Å². The second kappa shape index (κ2) is 10.7. The van der Waals surface area contributed by atoms with Gasteiger partial charge < -0.3 is 29.6 Å². The molecule has 3 aromatic rings. The Labute approximate surface area is 211 Å². The van der Waals surface area contributed by atoms with Crippen molar-refractivity contribution in [3.8, 4) is 28.5 Å². The molecule has 2 aromatic heterocycles. The average molecular weight is 514 g/mol. The topological polar surface area (TPSA) is 123 Å². The Morgan fingerprint density at radius 1 is 1.08 bits per heavy atom. The van der Waals surface area contributed by atoms with Gasteiger partial charge in [0.15, 0.2) is 14.9 Å². The fraction of sp³-hybridized carbons (Fsp3) is 0.346. The van der Waals surface area contributed by atoms with Crippen LogP contribution >= 0.6 is 0 Å². The standard InChI is InChI=1S/C26H31N3O6S/c1-16(15-33-3)34-21-9-18(23-6-7-24(29-23)25-11-19(13-27-25)17(2)30)10-22(12-21)35-20-5-8-26(28-14-20)36(4,31)32/h5-12,14,16-17,19,27,29-30H,13,15H2,1-4H3/t16-,17+,19-/m0/s1. The summed E-state index contributed by atoms with van der Waals surface area (Å²) in [7, 11) is -1.78. The quantitative estimate of drug-likeness (QED) is 0.376. The molecule has 0 saturated heterocycles. The van der Waals surface area contributed by atoms with Crippen molar-refractivity contribution in [2.45, 2.75) is 31.1 Å². The Morgan fingerprint density at radius 2 is 1.83 bits per heavy atom. The fourth-order valence-electron chi connectivity index (χ4n) is 3.91. The van der Waals surface area contributed by atoms with E-state index < -0.39 is 15.9 Å². The van der Waals surface area contributed by atoms with Gasteiger partial charge in [-0.15, -0.1) is 0 Å². The molecule has 9 nitrogen and oxygen atoms in total. The molecular weight excluding hydrogens is 482 g/mol. The molecule has 1 aromatic carbocycles. The van der Waals surface area contributed by atoms with Gasteiger partial charge in [0.25, 0.3) is 0 Å². The molecule has 1 aliphatic heterocycles. The van der Waals surface area contributed by atoms with Crippen LogP contribution in [0.5, 0.6) is 17.2 Å². The summed E-state index contributed by atoms with van der Waals surface area (Å²) in [5.74, 6) is 1.56. The first kappa shape index (κ1) is 25.7. The number of methoxy groups -OCH3 is 1. The molecule has 3 atom stereocenters. The minimum Gasteiger partial charge on any atom is -0.488 e. The van der Waals surface area contributed by atoms with Gasteiger partial charge in [-0.3, -0.25) is 0 Å². The van der Waals surface area contributed by atoms with Crippen LogP contribution in [0.25, 0.3) is 17.0 Å². The van der Waals surface area contributed by atoms with Gasteiger partial charge in [0.05, 0.1) is 30.3 Å². The predicted octanol–water partition coefficient (Wildman–Crippen LogP) is 3.63. The van der Waals surface area contributed by atoms with E-state index in [-0.39, 0.29) is 17.0 Å². The third-order valence-electron chi connectivity index (χ3n) is 5.76. The molecule has 0 fully saturated rings. The van der Waals surface area contributed by atoms with Gasteiger partial charge >= 0.3 is 0 Å². The lowest BCUT2D eigenvalue weighted by Gasteiger charge is -2.16. The molecule has 0 spiro atoms. The molecule has 0 amide bonds. The van der Waals surface area contributed by atoms with Crippen LogP contribution in [-0.4, -0.2) is 62.2 Å². The van der Waals surface area contributed by atoms with Crippen LogP contribution in [-0.2, 0) is 14.6 Å². The lowest BCUT2D eigenvalue weighted by Crippen LogP contribution is -2.20. The first-order valence-electron chi connectivity index (χ1n) is 11.6.